The zero-order chi connectivity index (χ0) is 18.0. The highest BCUT2D eigenvalue weighted by Crippen LogP contribution is 2.22. The minimum Gasteiger partial charge on any atom is -0.273 e. The van der Waals surface area contributed by atoms with Gasteiger partial charge in [-0.15, -0.1) is 0 Å². The maximum Gasteiger partial charge on any atom is 0.335 e. The summed E-state index contributed by atoms with van der Waals surface area (Å²) in [5.41, 5.74) is 3.21. The number of barbiturate groups is 1. The van der Waals surface area contributed by atoms with Crippen molar-refractivity contribution in [3.8, 4) is 0 Å². The molecule has 0 aliphatic carbocycles. The third-order valence-corrected chi connectivity index (χ3v) is 4.06. The largest absolute Gasteiger partial charge is 0.335 e. The molecule has 2 aromatic carbocycles. The van der Waals surface area contributed by atoms with Gasteiger partial charge >= 0.3 is 6.03 Å². The Balaban J connectivity index is 1.99. The van der Waals surface area contributed by atoms with Gasteiger partial charge in [0.2, 0.25) is 0 Å². The molecule has 5 nitrogen and oxygen atoms in total. The smallest absolute Gasteiger partial charge is 0.273 e. The molecule has 5 heteroatoms. The molecular formula is C20H18N2O3. The number of hydrogen-bond acceptors (Lipinski definition) is 3. The van der Waals surface area contributed by atoms with Gasteiger partial charge in [-0.25, -0.2) is 9.69 Å². The van der Waals surface area contributed by atoms with Crippen molar-refractivity contribution in [1.82, 2.24) is 5.32 Å². The molecule has 1 fully saturated rings. The van der Waals surface area contributed by atoms with Crippen LogP contribution in [0.5, 0.6) is 0 Å². The first-order valence-corrected chi connectivity index (χ1v) is 8.06. The quantitative estimate of drug-likeness (QED) is 0.692. The molecule has 1 N–H and O–H groups in total. The van der Waals surface area contributed by atoms with E-state index in [9.17, 15) is 14.4 Å². The fourth-order valence-corrected chi connectivity index (χ4v) is 2.70. The summed E-state index contributed by atoms with van der Waals surface area (Å²) in [7, 11) is 0. The van der Waals surface area contributed by atoms with Crippen LogP contribution in [0.4, 0.5) is 10.5 Å². The van der Waals surface area contributed by atoms with Gasteiger partial charge in [-0.2, -0.15) is 0 Å². The third kappa shape index (κ3) is 3.35. The summed E-state index contributed by atoms with van der Waals surface area (Å²) in [5, 5.41) is 2.23. The van der Waals surface area contributed by atoms with E-state index in [0.29, 0.717) is 5.69 Å². The predicted octanol–water partition coefficient (Wildman–Crippen LogP) is 3.22. The highest BCUT2D eigenvalue weighted by molar-refractivity contribution is 6.39. The van der Waals surface area contributed by atoms with Crippen molar-refractivity contribution >= 4 is 29.6 Å². The van der Waals surface area contributed by atoms with E-state index in [-0.39, 0.29) is 5.57 Å². The molecule has 2 aromatic rings. The average molecular weight is 334 g/mol. The third-order valence-electron chi connectivity index (χ3n) is 4.06. The van der Waals surface area contributed by atoms with Crippen LogP contribution >= 0.6 is 0 Å². The second-order valence-corrected chi connectivity index (χ2v) is 5.89. The number of urea groups is 1. The van der Waals surface area contributed by atoms with Crippen LogP contribution in [-0.4, -0.2) is 17.8 Å². The van der Waals surface area contributed by atoms with Crippen molar-refractivity contribution in [2.45, 2.75) is 20.3 Å². The van der Waals surface area contributed by atoms with E-state index in [4.69, 9.17) is 0 Å². The molecule has 1 heterocycles. The fraction of sp³-hybridized carbons (Fsp3) is 0.150. The summed E-state index contributed by atoms with van der Waals surface area (Å²) in [5.74, 6) is -1.31. The van der Waals surface area contributed by atoms with E-state index in [1.54, 1.807) is 18.2 Å². The molecule has 4 amide bonds. The Kier molecular flexibility index (Phi) is 4.48. The first kappa shape index (κ1) is 16.6. The Morgan fingerprint density at radius 3 is 2.40 bits per heavy atom. The zero-order valence-electron chi connectivity index (χ0n) is 14.1. The Bertz CT molecular complexity index is 882. The van der Waals surface area contributed by atoms with Gasteiger partial charge in [0.05, 0.1) is 5.69 Å². The number of nitrogens with one attached hydrogen (secondary N) is 1. The normalized spacial score (nSPS) is 16.3. The van der Waals surface area contributed by atoms with E-state index in [0.717, 1.165) is 28.0 Å². The summed E-state index contributed by atoms with van der Waals surface area (Å²) in [6.07, 6.45) is 2.36. The number of anilines is 1. The van der Waals surface area contributed by atoms with Crippen molar-refractivity contribution in [3.63, 3.8) is 0 Å². The van der Waals surface area contributed by atoms with Gasteiger partial charge < -0.3 is 0 Å². The molecule has 1 aliphatic rings. The molecule has 0 saturated carbocycles. The standard InChI is InChI=1S/C20H18N2O3/c1-3-14-7-9-16(10-8-14)22-19(24)17(18(23)21-20(22)25)12-15-6-4-5-13(2)11-15/h4-12H,3H2,1-2H3,(H,21,23,25)/b17-12-. The van der Waals surface area contributed by atoms with Gasteiger partial charge in [0.25, 0.3) is 11.8 Å². The molecule has 3 rings (SSSR count). The van der Waals surface area contributed by atoms with Crippen LogP contribution in [0.3, 0.4) is 0 Å². The van der Waals surface area contributed by atoms with Gasteiger partial charge in [-0.05, 0) is 42.7 Å². The lowest BCUT2D eigenvalue weighted by atomic mass is 10.0. The minimum atomic E-state index is -0.736. The number of hydrogen-bond donors (Lipinski definition) is 1. The van der Waals surface area contributed by atoms with Crippen LogP contribution in [0.25, 0.3) is 6.08 Å². The minimum absolute atomic E-state index is 0.0650. The Morgan fingerprint density at radius 2 is 1.76 bits per heavy atom. The number of carbonyl (C=O) groups excluding carboxylic acids is 3. The molecule has 0 aromatic heterocycles. The van der Waals surface area contributed by atoms with Gasteiger partial charge in [0.15, 0.2) is 0 Å². The second kappa shape index (κ2) is 6.73. The van der Waals surface area contributed by atoms with Crippen molar-refractivity contribution in [2.24, 2.45) is 0 Å². The average Bonchev–Trinajstić information content (AvgIpc) is 2.59. The monoisotopic (exact) mass is 334 g/mol. The van der Waals surface area contributed by atoms with E-state index in [1.807, 2.05) is 44.2 Å². The SMILES string of the molecule is CCc1ccc(N2C(=O)NC(=O)/C(=C/c3cccc(C)c3)C2=O)cc1. The number of imide groups is 2. The molecule has 0 atom stereocenters. The maximum absolute atomic E-state index is 12.8. The topological polar surface area (TPSA) is 66.5 Å². The first-order valence-electron chi connectivity index (χ1n) is 8.06. The molecule has 126 valence electrons. The van der Waals surface area contributed by atoms with Crippen LogP contribution in [0, 0.1) is 6.92 Å². The van der Waals surface area contributed by atoms with E-state index < -0.39 is 17.8 Å². The summed E-state index contributed by atoms with van der Waals surface area (Å²) in [6, 6.07) is 13.8. The van der Waals surface area contributed by atoms with Gasteiger partial charge in [-0.1, -0.05) is 48.9 Å². The summed E-state index contributed by atoms with van der Waals surface area (Å²) < 4.78 is 0. The number of nitrogens with zero attached hydrogens (tertiary/aromatic N) is 1. The molecule has 25 heavy (non-hydrogen) atoms. The van der Waals surface area contributed by atoms with Crippen molar-refractivity contribution < 1.29 is 14.4 Å². The van der Waals surface area contributed by atoms with Crippen molar-refractivity contribution in [3.05, 3.63) is 70.8 Å². The highest BCUT2D eigenvalue weighted by atomic mass is 16.2. The number of rotatable bonds is 3. The highest BCUT2D eigenvalue weighted by Gasteiger charge is 2.36. The van der Waals surface area contributed by atoms with Crippen LogP contribution in [0.1, 0.15) is 23.6 Å². The number of carbonyl (C=O) groups is 3. The Morgan fingerprint density at radius 1 is 1.04 bits per heavy atom. The van der Waals surface area contributed by atoms with Crippen molar-refractivity contribution in [2.75, 3.05) is 4.90 Å². The fourth-order valence-electron chi connectivity index (χ4n) is 2.70. The molecule has 1 aliphatic heterocycles. The molecule has 1 saturated heterocycles. The maximum atomic E-state index is 12.8. The summed E-state index contributed by atoms with van der Waals surface area (Å²) in [6.45, 7) is 3.95. The van der Waals surface area contributed by atoms with E-state index >= 15 is 0 Å². The van der Waals surface area contributed by atoms with Gasteiger partial charge in [-0.3, -0.25) is 14.9 Å². The summed E-state index contributed by atoms with van der Waals surface area (Å²) in [4.78, 5) is 38.1. The number of benzene rings is 2. The Labute approximate surface area is 146 Å². The Hall–Kier alpha value is -3.21. The number of amides is 4. The van der Waals surface area contributed by atoms with Crippen LogP contribution in [0.15, 0.2) is 54.1 Å². The molecular weight excluding hydrogens is 316 g/mol. The van der Waals surface area contributed by atoms with Crippen LogP contribution in [0.2, 0.25) is 0 Å². The van der Waals surface area contributed by atoms with Gasteiger partial charge in [0.1, 0.15) is 5.57 Å². The van der Waals surface area contributed by atoms with Crippen LogP contribution in [-0.2, 0) is 16.0 Å². The van der Waals surface area contributed by atoms with Crippen molar-refractivity contribution in [1.29, 1.82) is 0 Å². The van der Waals surface area contributed by atoms with Gasteiger partial charge in [0, 0.05) is 0 Å². The predicted molar refractivity (Wildman–Crippen MR) is 96.0 cm³/mol. The lowest BCUT2D eigenvalue weighted by Gasteiger charge is -2.26. The summed E-state index contributed by atoms with van der Waals surface area (Å²) >= 11 is 0. The lowest BCUT2D eigenvalue weighted by Crippen LogP contribution is -2.54. The molecule has 0 spiro atoms. The lowest BCUT2D eigenvalue weighted by molar-refractivity contribution is -0.122. The van der Waals surface area contributed by atoms with E-state index in [2.05, 4.69) is 5.32 Å². The zero-order valence-corrected chi connectivity index (χ0v) is 14.1. The second-order valence-electron chi connectivity index (χ2n) is 5.89. The van der Waals surface area contributed by atoms with E-state index in [1.165, 1.54) is 6.08 Å². The molecule has 0 radical (unpaired) electrons. The number of aryl methyl sites for hydroxylation is 2. The molecule has 0 unspecified atom stereocenters. The van der Waals surface area contributed by atoms with Crippen LogP contribution < -0.4 is 10.2 Å². The molecule has 0 bridgehead atoms. The first-order chi connectivity index (χ1) is 12.0.